The van der Waals surface area contributed by atoms with Gasteiger partial charge in [-0.05, 0) is 42.7 Å². The van der Waals surface area contributed by atoms with Crippen LogP contribution < -0.4 is 11.3 Å². The first kappa shape index (κ1) is 11.4. The van der Waals surface area contributed by atoms with Gasteiger partial charge in [-0.1, -0.05) is 0 Å². The molecule has 0 saturated heterocycles. The lowest BCUT2D eigenvalue weighted by Crippen LogP contribution is -2.17. The molecule has 0 aliphatic carbocycles. The number of hydrogen-bond donors (Lipinski definition) is 1. The third kappa shape index (κ3) is 2.06. The monoisotopic (exact) mass is 229 g/mol. The number of nitrogens with two attached hydrogens (primary N) is 1. The van der Waals surface area contributed by atoms with Crippen LogP contribution in [0.3, 0.4) is 0 Å². The van der Waals surface area contributed by atoms with Gasteiger partial charge in [0.15, 0.2) is 0 Å². The van der Waals surface area contributed by atoms with Crippen LogP contribution in [0.5, 0.6) is 0 Å². The van der Waals surface area contributed by atoms with Crippen LogP contribution in [0, 0.1) is 13.8 Å². The molecule has 0 aliphatic heterocycles. The quantitative estimate of drug-likeness (QED) is 0.756. The lowest BCUT2D eigenvalue weighted by atomic mass is 10.0. The van der Waals surface area contributed by atoms with Crippen molar-refractivity contribution in [2.75, 3.05) is 5.73 Å². The number of benzene rings is 1. The Morgan fingerprint density at radius 1 is 1.12 bits per heavy atom. The summed E-state index contributed by atoms with van der Waals surface area (Å²) >= 11 is 0. The molecule has 4 nitrogen and oxygen atoms in total. The van der Waals surface area contributed by atoms with Crippen molar-refractivity contribution in [1.82, 2.24) is 9.78 Å². The molecule has 0 aliphatic rings. The number of rotatable bonds is 1. The summed E-state index contributed by atoms with van der Waals surface area (Å²) in [5, 5.41) is 4.01. The molecule has 2 rings (SSSR count). The van der Waals surface area contributed by atoms with Gasteiger partial charge < -0.3 is 5.73 Å². The number of anilines is 1. The van der Waals surface area contributed by atoms with Crippen molar-refractivity contribution in [3.63, 3.8) is 0 Å². The van der Waals surface area contributed by atoms with Gasteiger partial charge in [-0.25, -0.2) is 4.68 Å². The fourth-order valence-electron chi connectivity index (χ4n) is 1.77. The molecule has 0 fully saturated rings. The Morgan fingerprint density at radius 2 is 1.71 bits per heavy atom. The largest absolute Gasteiger partial charge is 0.398 e. The smallest absolute Gasteiger partial charge is 0.267 e. The van der Waals surface area contributed by atoms with Gasteiger partial charge in [-0.3, -0.25) is 4.79 Å². The maximum atomic E-state index is 11.5. The molecule has 1 heterocycles. The van der Waals surface area contributed by atoms with E-state index in [4.69, 9.17) is 5.73 Å². The van der Waals surface area contributed by atoms with Crippen LogP contribution >= 0.6 is 0 Å². The van der Waals surface area contributed by atoms with Gasteiger partial charge in [-0.2, -0.15) is 5.10 Å². The van der Waals surface area contributed by atoms with Crippen LogP contribution in [0.2, 0.25) is 0 Å². The van der Waals surface area contributed by atoms with Gasteiger partial charge in [0.1, 0.15) is 0 Å². The second kappa shape index (κ2) is 4.05. The maximum Gasteiger partial charge on any atom is 0.267 e. The predicted octanol–water partition coefficient (Wildman–Crippen LogP) is 1.65. The van der Waals surface area contributed by atoms with Crippen molar-refractivity contribution >= 4 is 5.69 Å². The first-order chi connectivity index (χ1) is 7.99. The minimum atomic E-state index is -0.116. The standard InChI is InChI=1S/C13H15N3O/c1-8-4-10(5-9(2)13(8)14)11-6-12(17)16(3)15-7-11/h4-7H,14H2,1-3H3. The number of nitrogens with zero attached hydrogens (tertiary/aromatic N) is 2. The topological polar surface area (TPSA) is 60.9 Å². The average molecular weight is 229 g/mol. The van der Waals surface area contributed by atoms with Gasteiger partial charge in [0, 0.05) is 24.4 Å². The van der Waals surface area contributed by atoms with E-state index in [-0.39, 0.29) is 5.56 Å². The minimum absolute atomic E-state index is 0.116. The molecule has 4 heteroatoms. The molecule has 1 aromatic carbocycles. The molecule has 0 atom stereocenters. The van der Waals surface area contributed by atoms with Crippen molar-refractivity contribution in [2.45, 2.75) is 13.8 Å². The SMILES string of the molecule is Cc1cc(-c2cnn(C)c(=O)c2)cc(C)c1N. The Balaban J connectivity index is 2.61. The fourth-order valence-corrected chi connectivity index (χ4v) is 1.77. The molecular formula is C13H15N3O. The molecule has 88 valence electrons. The molecule has 1 aromatic heterocycles. The van der Waals surface area contributed by atoms with E-state index in [1.54, 1.807) is 19.3 Å². The van der Waals surface area contributed by atoms with Crippen molar-refractivity contribution in [3.8, 4) is 11.1 Å². The lowest BCUT2D eigenvalue weighted by Gasteiger charge is -2.09. The lowest BCUT2D eigenvalue weighted by molar-refractivity contribution is 0.708. The first-order valence-electron chi connectivity index (χ1n) is 5.39. The van der Waals surface area contributed by atoms with E-state index in [9.17, 15) is 4.79 Å². The summed E-state index contributed by atoms with van der Waals surface area (Å²) in [5.41, 5.74) is 10.4. The van der Waals surface area contributed by atoms with E-state index >= 15 is 0 Å². The van der Waals surface area contributed by atoms with Crippen LogP contribution in [0.4, 0.5) is 5.69 Å². The van der Waals surface area contributed by atoms with Gasteiger partial charge in [0.05, 0.1) is 6.20 Å². The summed E-state index contributed by atoms with van der Waals surface area (Å²) in [5.74, 6) is 0. The summed E-state index contributed by atoms with van der Waals surface area (Å²) in [6.07, 6.45) is 1.69. The van der Waals surface area contributed by atoms with Crippen molar-refractivity contribution in [3.05, 3.63) is 45.9 Å². The van der Waals surface area contributed by atoms with E-state index in [0.29, 0.717) is 0 Å². The van der Waals surface area contributed by atoms with E-state index < -0.39 is 0 Å². The van der Waals surface area contributed by atoms with Crippen molar-refractivity contribution in [1.29, 1.82) is 0 Å². The van der Waals surface area contributed by atoms with Crippen LogP contribution in [0.25, 0.3) is 11.1 Å². The summed E-state index contributed by atoms with van der Waals surface area (Å²) in [6, 6.07) is 5.52. The molecule has 0 bridgehead atoms. The van der Waals surface area contributed by atoms with E-state index in [1.807, 2.05) is 26.0 Å². The normalized spacial score (nSPS) is 10.5. The molecule has 0 amide bonds. The van der Waals surface area contributed by atoms with E-state index in [2.05, 4.69) is 5.10 Å². The fraction of sp³-hybridized carbons (Fsp3) is 0.231. The molecule has 2 N–H and O–H groups in total. The Kier molecular flexibility index (Phi) is 2.71. The second-order valence-corrected chi connectivity index (χ2v) is 4.23. The number of nitrogen functional groups attached to an aromatic ring is 1. The molecule has 17 heavy (non-hydrogen) atoms. The van der Waals surface area contributed by atoms with E-state index in [1.165, 1.54) is 4.68 Å². The highest BCUT2D eigenvalue weighted by Gasteiger charge is 2.05. The third-order valence-corrected chi connectivity index (χ3v) is 2.89. The highest BCUT2D eigenvalue weighted by Crippen LogP contribution is 2.25. The molecule has 0 saturated carbocycles. The van der Waals surface area contributed by atoms with Crippen LogP contribution in [0.15, 0.2) is 29.2 Å². The van der Waals surface area contributed by atoms with Gasteiger partial charge in [0.2, 0.25) is 0 Å². The summed E-state index contributed by atoms with van der Waals surface area (Å²) in [4.78, 5) is 11.5. The highest BCUT2D eigenvalue weighted by atomic mass is 16.1. The Hall–Kier alpha value is -2.10. The van der Waals surface area contributed by atoms with Gasteiger partial charge >= 0.3 is 0 Å². The van der Waals surface area contributed by atoms with Crippen LogP contribution in [-0.2, 0) is 7.05 Å². The number of hydrogen-bond acceptors (Lipinski definition) is 3. The molecular weight excluding hydrogens is 214 g/mol. The zero-order valence-electron chi connectivity index (χ0n) is 10.2. The third-order valence-electron chi connectivity index (χ3n) is 2.89. The van der Waals surface area contributed by atoms with Gasteiger partial charge in [-0.15, -0.1) is 0 Å². The minimum Gasteiger partial charge on any atom is -0.398 e. The predicted molar refractivity (Wildman–Crippen MR) is 68.8 cm³/mol. The van der Waals surface area contributed by atoms with E-state index in [0.717, 1.165) is 27.9 Å². The summed E-state index contributed by atoms with van der Waals surface area (Å²) < 4.78 is 1.31. The highest BCUT2D eigenvalue weighted by molar-refractivity contribution is 5.69. The van der Waals surface area contributed by atoms with Crippen LogP contribution in [-0.4, -0.2) is 9.78 Å². The Labute approximate surface area is 99.7 Å². The van der Waals surface area contributed by atoms with Crippen molar-refractivity contribution in [2.24, 2.45) is 7.05 Å². The number of aromatic nitrogens is 2. The zero-order chi connectivity index (χ0) is 12.6. The molecule has 0 unspecified atom stereocenters. The molecule has 0 spiro atoms. The molecule has 0 radical (unpaired) electrons. The summed E-state index contributed by atoms with van der Waals surface area (Å²) in [6.45, 7) is 3.92. The Morgan fingerprint density at radius 3 is 2.24 bits per heavy atom. The zero-order valence-corrected chi connectivity index (χ0v) is 10.2. The second-order valence-electron chi connectivity index (χ2n) is 4.23. The average Bonchev–Trinajstić information content (AvgIpc) is 2.29. The van der Waals surface area contributed by atoms with Crippen molar-refractivity contribution < 1.29 is 0 Å². The Bertz CT molecular complexity index is 606. The number of aryl methyl sites for hydroxylation is 3. The first-order valence-corrected chi connectivity index (χ1v) is 5.39. The summed E-state index contributed by atoms with van der Waals surface area (Å²) in [7, 11) is 1.63. The van der Waals surface area contributed by atoms with Crippen LogP contribution in [0.1, 0.15) is 11.1 Å². The maximum absolute atomic E-state index is 11.5. The molecule has 2 aromatic rings. The van der Waals surface area contributed by atoms with Gasteiger partial charge in [0.25, 0.3) is 5.56 Å².